The highest BCUT2D eigenvalue weighted by Gasteiger charge is 2.15. The van der Waals surface area contributed by atoms with Crippen LogP contribution in [0.1, 0.15) is 34.5 Å². The average Bonchev–Trinajstić information content (AvgIpc) is 2.61. The molecule has 0 saturated heterocycles. The van der Waals surface area contributed by atoms with Crippen molar-refractivity contribution in [1.82, 2.24) is 10.6 Å². The van der Waals surface area contributed by atoms with E-state index in [1.54, 1.807) is 19.2 Å². The second kappa shape index (κ2) is 9.50. The first kappa shape index (κ1) is 20.1. The van der Waals surface area contributed by atoms with E-state index in [1.807, 2.05) is 50.4 Å². The van der Waals surface area contributed by atoms with E-state index in [4.69, 9.17) is 0 Å². The Balaban J connectivity index is 1.87. The monoisotopic (exact) mass is 418 g/mol. The summed E-state index contributed by atoms with van der Waals surface area (Å²) in [6.07, 6.45) is 0. The molecule has 6 heteroatoms. The van der Waals surface area contributed by atoms with Gasteiger partial charge in [0.2, 0.25) is 0 Å². The molecule has 26 heavy (non-hydrogen) atoms. The largest absolute Gasteiger partial charge is 0.355 e. The van der Waals surface area contributed by atoms with Crippen LogP contribution in [0.15, 0.2) is 53.0 Å². The van der Waals surface area contributed by atoms with Crippen molar-refractivity contribution in [2.45, 2.75) is 19.5 Å². The van der Waals surface area contributed by atoms with Gasteiger partial charge in [-0.15, -0.1) is 0 Å². The van der Waals surface area contributed by atoms with Gasteiger partial charge in [0.05, 0.1) is 13.1 Å². The summed E-state index contributed by atoms with van der Waals surface area (Å²) >= 11 is 3.52. The molecule has 0 heterocycles. The molecule has 0 bridgehead atoms. The highest BCUT2D eigenvalue weighted by molar-refractivity contribution is 9.10. The van der Waals surface area contributed by atoms with Crippen molar-refractivity contribution in [1.29, 1.82) is 0 Å². The molecule has 0 aliphatic heterocycles. The number of amides is 2. The summed E-state index contributed by atoms with van der Waals surface area (Å²) in [6.45, 7) is 3.07. The normalized spacial score (nSPS) is 12.9. The van der Waals surface area contributed by atoms with Crippen molar-refractivity contribution < 1.29 is 14.5 Å². The van der Waals surface area contributed by atoms with Gasteiger partial charge in [-0.05, 0) is 30.7 Å². The Morgan fingerprint density at radius 3 is 2.38 bits per heavy atom. The smallest absolute Gasteiger partial charge is 0.275 e. The van der Waals surface area contributed by atoms with Crippen LogP contribution in [0.5, 0.6) is 0 Å². The first-order valence-corrected chi connectivity index (χ1v) is 9.36. The van der Waals surface area contributed by atoms with Gasteiger partial charge in [-0.3, -0.25) is 9.59 Å². The standard InChI is InChI=1S/C20H24BrN3O2/c1-14(17-6-4-5-7-18(17)21)23-19(25)13-24(3)12-15-8-10-16(11-9-15)20(26)22-2/h4-11,14H,12-13H2,1-3H3,(H,22,26)(H,23,25)/p+1/t14-/m1/s1. The van der Waals surface area contributed by atoms with Gasteiger partial charge in [0, 0.05) is 22.6 Å². The van der Waals surface area contributed by atoms with E-state index in [0.29, 0.717) is 18.7 Å². The van der Waals surface area contributed by atoms with Crippen LogP contribution in [0.3, 0.4) is 0 Å². The number of carbonyl (C=O) groups is 2. The minimum absolute atomic E-state index is 0.00716. The summed E-state index contributed by atoms with van der Waals surface area (Å²) in [5.74, 6) is -0.0922. The fourth-order valence-corrected chi connectivity index (χ4v) is 3.43. The maximum atomic E-state index is 12.3. The number of hydrogen-bond donors (Lipinski definition) is 3. The van der Waals surface area contributed by atoms with Crippen LogP contribution in [0, 0.1) is 0 Å². The number of quaternary nitrogens is 1. The molecule has 2 rings (SSSR count). The Labute approximate surface area is 162 Å². The second-order valence-electron chi connectivity index (χ2n) is 6.40. The SMILES string of the molecule is CNC(=O)c1ccc(C[NH+](C)CC(=O)N[C@H](C)c2ccccc2Br)cc1. The molecule has 3 N–H and O–H groups in total. The third kappa shape index (κ3) is 5.68. The predicted octanol–water partition coefficient (Wildman–Crippen LogP) is 1.70. The fourth-order valence-electron chi connectivity index (χ4n) is 2.80. The van der Waals surface area contributed by atoms with Gasteiger partial charge in [-0.2, -0.15) is 0 Å². The molecule has 5 nitrogen and oxygen atoms in total. The Morgan fingerprint density at radius 1 is 1.12 bits per heavy atom. The highest BCUT2D eigenvalue weighted by atomic mass is 79.9. The third-order valence-corrected chi connectivity index (χ3v) is 4.88. The lowest BCUT2D eigenvalue weighted by Crippen LogP contribution is -3.08. The van der Waals surface area contributed by atoms with Gasteiger partial charge in [0.1, 0.15) is 6.54 Å². The first-order valence-electron chi connectivity index (χ1n) is 8.56. The lowest BCUT2D eigenvalue weighted by molar-refractivity contribution is -0.885. The summed E-state index contributed by atoms with van der Waals surface area (Å²) in [5, 5.41) is 5.65. The summed E-state index contributed by atoms with van der Waals surface area (Å²) in [4.78, 5) is 25.0. The molecule has 138 valence electrons. The molecule has 2 atom stereocenters. The zero-order valence-electron chi connectivity index (χ0n) is 15.3. The lowest BCUT2D eigenvalue weighted by Gasteiger charge is -2.18. The average molecular weight is 419 g/mol. The van der Waals surface area contributed by atoms with Gasteiger partial charge in [0.15, 0.2) is 6.54 Å². The van der Waals surface area contributed by atoms with E-state index in [-0.39, 0.29) is 17.9 Å². The number of carbonyl (C=O) groups excluding carboxylic acids is 2. The third-order valence-electron chi connectivity index (χ3n) is 4.16. The molecule has 0 aliphatic rings. The van der Waals surface area contributed by atoms with Gasteiger partial charge in [0.25, 0.3) is 11.8 Å². The number of rotatable bonds is 7. The van der Waals surface area contributed by atoms with Gasteiger partial charge >= 0.3 is 0 Å². The zero-order valence-corrected chi connectivity index (χ0v) is 16.9. The predicted molar refractivity (Wildman–Crippen MR) is 106 cm³/mol. The molecule has 0 saturated carbocycles. The van der Waals surface area contributed by atoms with Crippen LogP contribution in [-0.2, 0) is 11.3 Å². The molecule has 1 unspecified atom stereocenters. The van der Waals surface area contributed by atoms with Crippen LogP contribution in [0.2, 0.25) is 0 Å². The molecule has 0 radical (unpaired) electrons. The number of benzene rings is 2. The van der Waals surface area contributed by atoms with Crippen LogP contribution < -0.4 is 15.5 Å². The molecule has 2 amide bonds. The molecule has 0 spiro atoms. The van der Waals surface area contributed by atoms with Crippen LogP contribution >= 0.6 is 15.9 Å². The van der Waals surface area contributed by atoms with E-state index < -0.39 is 0 Å². The van der Waals surface area contributed by atoms with Gasteiger partial charge < -0.3 is 15.5 Å². The van der Waals surface area contributed by atoms with Crippen molar-refractivity contribution in [2.24, 2.45) is 0 Å². The minimum Gasteiger partial charge on any atom is -0.355 e. The van der Waals surface area contributed by atoms with Crippen LogP contribution in [0.25, 0.3) is 0 Å². The molecule has 0 fully saturated rings. The molecule has 0 aromatic heterocycles. The molecular weight excluding hydrogens is 394 g/mol. The van der Waals surface area contributed by atoms with E-state index >= 15 is 0 Å². The van der Waals surface area contributed by atoms with Crippen LogP contribution in [0.4, 0.5) is 0 Å². The van der Waals surface area contributed by atoms with Crippen molar-refractivity contribution in [3.63, 3.8) is 0 Å². The minimum atomic E-state index is -0.0994. The Bertz CT molecular complexity index is 762. The lowest BCUT2D eigenvalue weighted by atomic mass is 10.1. The van der Waals surface area contributed by atoms with Gasteiger partial charge in [-0.25, -0.2) is 0 Å². The second-order valence-corrected chi connectivity index (χ2v) is 7.25. The number of nitrogens with one attached hydrogen (secondary N) is 3. The van der Waals surface area contributed by atoms with E-state index in [9.17, 15) is 9.59 Å². The molecule has 2 aromatic rings. The number of likely N-dealkylation sites (N-methyl/N-ethyl adjacent to an activating group) is 1. The quantitative estimate of drug-likeness (QED) is 0.640. The summed E-state index contributed by atoms with van der Waals surface area (Å²) < 4.78 is 0.990. The molecule has 0 aliphatic carbocycles. The Hall–Kier alpha value is -2.18. The number of halogens is 1. The molecular formula is C20H25BrN3O2+. The van der Waals surface area contributed by atoms with Crippen LogP contribution in [-0.4, -0.2) is 32.5 Å². The summed E-state index contributed by atoms with van der Waals surface area (Å²) in [7, 11) is 3.59. The fraction of sp³-hybridized carbons (Fsp3) is 0.300. The summed E-state index contributed by atoms with van der Waals surface area (Å²) in [5.41, 5.74) is 2.78. The van der Waals surface area contributed by atoms with Crippen molar-refractivity contribution in [3.05, 3.63) is 69.7 Å². The Kier molecular flexibility index (Phi) is 7.36. The zero-order chi connectivity index (χ0) is 19.1. The topological polar surface area (TPSA) is 62.6 Å². The van der Waals surface area contributed by atoms with Crippen molar-refractivity contribution >= 4 is 27.7 Å². The summed E-state index contributed by atoms with van der Waals surface area (Å²) in [6, 6.07) is 15.3. The van der Waals surface area contributed by atoms with E-state index in [2.05, 4.69) is 26.6 Å². The highest BCUT2D eigenvalue weighted by Crippen LogP contribution is 2.22. The number of hydrogen-bond acceptors (Lipinski definition) is 2. The van der Waals surface area contributed by atoms with Crippen molar-refractivity contribution in [2.75, 3.05) is 20.6 Å². The molecule has 2 aromatic carbocycles. The first-order chi connectivity index (χ1) is 12.4. The Morgan fingerprint density at radius 2 is 1.77 bits per heavy atom. The maximum absolute atomic E-state index is 12.3. The van der Waals surface area contributed by atoms with Gasteiger partial charge in [-0.1, -0.05) is 46.3 Å². The van der Waals surface area contributed by atoms with E-state index in [0.717, 1.165) is 20.5 Å². The maximum Gasteiger partial charge on any atom is 0.275 e. The van der Waals surface area contributed by atoms with Crippen molar-refractivity contribution in [3.8, 4) is 0 Å². The van der Waals surface area contributed by atoms with E-state index in [1.165, 1.54) is 0 Å².